The van der Waals surface area contributed by atoms with Crippen LogP contribution in [0.3, 0.4) is 0 Å². The fourth-order valence-electron chi connectivity index (χ4n) is 6.88. The minimum atomic E-state index is -0.928. The number of aromatic nitrogens is 4. The van der Waals surface area contributed by atoms with Crippen molar-refractivity contribution in [3.8, 4) is 45.4 Å². The zero-order valence-corrected chi connectivity index (χ0v) is 31.5. The number of likely N-dealkylation sites (N-methyl/N-ethyl adjacent to an activating group) is 1. The van der Waals surface area contributed by atoms with E-state index in [1.165, 1.54) is 0 Å². The number of benzene rings is 2. The summed E-state index contributed by atoms with van der Waals surface area (Å²) in [6.07, 6.45) is 6.92. The minimum Gasteiger partial charge on any atom is -0.480 e. The van der Waals surface area contributed by atoms with Gasteiger partial charge in [0.2, 0.25) is 24.1 Å². The third-order valence-electron chi connectivity index (χ3n) is 9.82. The molecule has 1 atom stereocenters. The van der Waals surface area contributed by atoms with Gasteiger partial charge in [-0.25, -0.2) is 9.97 Å². The summed E-state index contributed by atoms with van der Waals surface area (Å²) in [6.45, 7) is 6.89. The SMILES string of the molecule is C=C1CC[C@@H](CNCc2ncc(-c3cccc(-c4cccc(-c5cnc(CN6CCC(NC=O)(C(=O)NC)CC6)c(OC)n5)c4Cl)c3Cl)nc2OC)N1. The van der Waals surface area contributed by atoms with Crippen molar-refractivity contribution in [2.24, 2.45) is 0 Å². The average Bonchev–Trinajstić information content (AvgIpc) is 3.60. The predicted octanol–water partition coefficient (Wildman–Crippen LogP) is 4.77. The Bertz CT molecular complexity index is 1990. The number of amides is 2. The summed E-state index contributed by atoms with van der Waals surface area (Å²) in [4.78, 5) is 44.9. The maximum atomic E-state index is 12.5. The predicted molar refractivity (Wildman–Crippen MR) is 205 cm³/mol. The van der Waals surface area contributed by atoms with Gasteiger partial charge in [-0.05, 0) is 25.7 Å². The Kier molecular flexibility index (Phi) is 12.1. The van der Waals surface area contributed by atoms with Crippen LogP contribution in [0.2, 0.25) is 10.0 Å². The number of nitrogens with one attached hydrogen (secondary N) is 4. The summed E-state index contributed by atoms with van der Waals surface area (Å²) in [5, 5.41) is 13.1. The van der Waals surface area contributed by atoms with Gasteiger partial charge >= 0.3 is 0 Å². The Morgan fingerprint density at radius 1 is 0.962 bits per heavy atom. The van der Waals surface area contributed by atoms with Crippen LogP contribution in [-0.4, -0.2) is 89.6 Å². The summed E-state index contributed by atoms with van der Waals surface area (Å²) in [7, 11) is 4.70. The molecule has 4 heterocycles. The fourth-order valence-corrected chi connectivity index (χ4v) is 7.53. The van der Waals surface area contributed by atoms with Crippen molar-refractivity contribution < 1.29 is 19.1 Å². The van der Waals surface area contributed by atoms with Gasteiger partial charge < -0.3 is 30.7 Å². The van der Waals surface area contributed by atoms with Gasteiger partial charge in [0.05, 0.1) is 48.0 Å². The van der Waals surface area contributed by atoms with Crippen LogP contribution in [0.5, 0.6) is 11.8 Å². The Hall–Kier alpha value is -4.82. The molecule has 53 heavy (non-hydrogen) atoms. The molecule has 0 radical (unpaired) electrons. The van der Waals surface area contributed by atoms with Gasteiger partial charge in [0, 0.05) is 73.8 Å². The summed E-state index contributed by atoms with van der Waals surface area (Å²) in [5.74, 6) is 0.582. The van der Waals surface area contributed by atoms with E-state index in [-0.39, 0.29) is 5.91 Å². The molecule has 15 heteroatoms. The van der Waals surface area contributed by atoms with Gasteiger partial charge in [-0.1, -0.05) is 66.2 Å². The highest BCUT2D eigenvalue weighted by molar-refractivity contribution is 6.39. The number of carbonyl (C=O) groups is 2. The molecular weight excluding hydrogens is 717 g/mol. The Balaban J connectivity index is 1.20. The van der Waals surface area contributed by atoms with E-state index in [2.05, 4.69) is 37.7 Å². The van der Waals surface area contributed by atoms with Crippen LogP contribution in [0.15, 0.2) is 61.1 Å². The molecule has 4 N–H and O–H groups in total. The van der Waals surface area contributed by atoms with Crippen molar-refractivity contribution in [3.05, 3.63) is 82.5 Å². The first-order valence-corrected chi connectivity index (χ1v) is 18.1. The number of methoxy groups -OCH3 is 2. The average molecular weight is 761 g/mol. The van der Waals surface area contributed by atoms with E-state index in [0.717, 1.165) is 25.1 Å². The first-order chi connectivity index (χ1) is 25.7. The molecule has 2 amide bonds. The van der Waals surface area contributed by atoms with Crippen molar-refractivity contribution in [2.75, 3.05) is 40.9 Å². The molecule has 2 aromatic heterocycles. The lowest BCUT2D eigenvalue weighted by molar-refractivity contribution is -0.132. The van der Waals surface area contributed by atoms with E-state index in [4.69, 9.17) is 47.6 Å². The number of hydrogen-bond acceptors (Lipinski definition) is 11. The van der Waals surface area contributed by atoms with Gasteiger partial charge in [-0.2, -0.15) is 0 Å². The summed E-state index contributed by atoms with van der Waals surface area (Å²) < 4.78 is 11.3. The number of allylic oxidation sites excluding steroid dienone is 1. The maximum absolute atomic E-state index is 12.5. The fraction of sp³-hybridized carbons (Fsp3) is 0.368. The topological polar surface area (TPSA) is 156 Å². The van der Waals surface area contributed by atoms with E-state index in [1.54, 1.807) is 33.7 Å². The van der Waals surface area contributed by atoms with Gasteiger partial charge in [-0.15, -0.1) is 0 Å². The lowest BCUT2D eigenvalue weighted by atomic mass is 9.86. The molecule has 0 saturated carbocycles. The lowest BCUT2D eigenvalue weighted by Crippen LogP contribution is -2.61. The van der Waals surface area contributed by atoms with Crippen LogP contribution in [0.4, 0.5) is 0 Å². The molecule has 4 aromatic rings. The Morgan fingerprint density at radius 3 is 2.06 bits per heavy atom. The zero-order chi connectivity index (χ0) is 37.5. The third-order valence-corrected chi connectivity index (χ3v) is 10.6. The quantitative estimate of drug-likeness (QED) is 0.131. The van der Waals surface area contributed by atoms with E-state index in [0.29, 0.717) is 118 Å². The second-order valence-corrected chi connectivity index (χ2v) is 13.8. The third kappa shape index (κ3) is 8.23. The molecule has 6 rings (SSSR count). The summed E-state index contributed by atoms with van der Waals surface area (Å²) >= 11 is 14.2. The molecule has 2 aliphatic heterocycles. The molecule has 13 nitrogen and oxygen atoms in total. The largest absolute Gasteiger partial charge is 0.480 e. The summed E-state index contributed by atoms with van der Waals surface area (Å²) in [5.41, 5.74) is 5.35. The monoisotopic (exact) mass is 759 g/mol. The number of piperidine rings is 1. The maximum Gasteiger partial charge on any atom is 0.245 e. The van der Waals surface area contributed by atoms with Crippen LogP contribution in [0.25, 0.3) is 33.6 Å². The molecule has 0 aliphatic carbocycles. The number of rotatable bonds is 14. The molecule has 2 fully saturated rings. The second kappa shape index (κ2) is 16.9. The van der Waals surface area contributed by atoms with Crippen LogP contribution < -0.4 is 30.7 Å². The minimum absolute atomic E-state index is 0.204. The van der Waals surface area contributed by atoms with Gasteiger partial charge in [0.15, 0.2) is 0 Å². The molecular formula is C38H43Cl2N9O4. The number of halogens is 2. The van der Waals surface area contributed by atoms with Crippen molar-refractivity contribution in [1.29, 1.82) is 0 Å². The molecule has 0 spiro atoms. The highest BCUT2D eigenvalue weighted by atomic mass is 35.5. The van der Waals surface area contributed by atoms with E-state index in [1.807, 2.05) is 36.4 Å². The molecule has 2 aliphatic rings. The van der Waals surface area contributed by atoms with E-state index < -0.39 is 5.54 Å². The van der Waals surface area contributed by atoms with Gasteiger partial charge in [-0.3, -0.25) is 24.5 Å². The van der Waals surface area contributed by atoms with Crippen LogP contribution in [-0.2, 0) is 22.7 Å². The number of ether oxygens (including phenoxy) is 2. The Morgan fingerprint density at radius 2 is 1.53 bits per heavy atom. The molecule has 2 aromatic carbocycles. The standard InChI is InChI=1S/C38H43Cl2N9O4/c1-23-11-12-24(46-23)17-42-18-31-35(52-3)47-29(19-43-31)27-9-5-7-25(33(27)39)26-8-6-10-28(34(26)40)30-20-44-32(36(48-30)53-4)21-49-15-13-38(14-16-49,45-22-50)37(51)41-2/h5-10,19-20,22,24,42,46H,1,11-18,21H2,2-4H3,(H,41,51)(H,45,50)/t24-/m0/s1. The van der Waals surface area contributed by atoms with Gasteiger partial charge in [0.1, 0.15) is 16.9 Å². The van der Waals surface area contributed by atoms with Crippen LogP contribution in [0, 0.1) is 0 Å². The van der Waals surface area contributed by atoms with E-state index in [9.17, 15) is 9.59 Å². The lowest BCUT2D eigenvalue weighted by Gasteiger charge is -2.39. The number of hydrogen-bond donors (Lipinski definition) is 4. The highest BCUT2D eigenvalue weighted by Crippen LogP contribution is 2.42. The van der Waals surface area contributed by atoms with Gasteiger partial charge in [0.25, 0.3) is 0 Å². The zero-order valence-electron chi connectivity index (χ0n) is 30.0. The van der Waals surface area contributed by atoms with Crippen LogP contribution >= 0.6 is 23.2 Å². The number of carbonyl (C=O) groups excluding carboxylic acids is 2. The Labute approximate surface area is 318 Å². The second-order valence-electron chi connectivity index (χ2n) is 13.1. The van der Waals surface area contributed by atoms with Crippen LogP contribution in [0.1, 0.15) is 37.1 Å². The smallest absolute Gasteiger partial charge is 0.245 e. The first-order valence-electron chi connectivity index (χ1n) is 17.4. The van der Waals surface area contributed by atoms with Crippen molar-refractivity contribution in [2.45, 2.75) is 50.4 Å². The summed E-state index contributed by atoms with van der Waals surface area (Å²) in [6, 6.07) is 11.7. The van der Waals surface area contributed by atoms with E-state index >= 15 is 0 Å². The molecule has 0 unspecified atom stereocenters. The van der Waals surface area contributed by atoms with Crippen molar-refractivity contribution in [3.63, 3.8) is 0 Å². The van der Waals surface area contributed by atoms with Crippen molar-refractivity contribution in [1.82, 2.24) is 46.1 Å². The molecule has 278 valence electrons. The molecule has 2 saturated heterocycles. The first kappa shape index (κ1) is 37.9. The number of nitrogens with zero attached hydrogens (tertiary/aromatic N) is 5. The normalized spacial score (nSPS) is 16.8. The molecule has 0 bridgehead atoms. The van der Waals surface area contributed by atoms with Crippen molar-refractivity contribution >= 4 is 35.5 Å². The number of likely N-dealkylation sites (tertiary alicyclic amines) is 1. The highest BCUT2D eigenvalue weighted by Gasteiger charge is 2.40.